The highest BCUT2D eigenvalue weighted by Gasteiger charge is 2.07. The molecule has 1 amide bonds. The van der Waals surface area contributed by atoms with Crippen LogP contribution in [0.5, 0.6) is 11.5 Å². The van der Waals surface area contributed by atoms with E-state index in [0.29, 0.717) is 12.1 Å². The molecule has 1 rings (SSSR count). The molecule has 0 aliphatic carbocycles. The van der Waals surface area contributed by atoms with E-state index in [9.17, 15) is 15.0 Å². The first-order valence-electron chi connectivity index (χ1n) is 4.93. The Hall–Kier alpha value is -1.75. The Morgan fingerprint density at radius 1 is 1.38 bits per heavy atom. The van der Waals surface area contributed by atoms with E-state index >= 15 is 0 Å². The normalized spacial score (nSPS) is 10.1. The fourth-order valence-corrected chi connectivity index (χ4v) is 1.18. The standard InChI is InChI=1S/C11H16N2O3/c1-13(2)10(15)7-12-6-8-4-3-5-9(14)11(8)16/h3-5,12,14,16H,6-7H2,1-2H3. The second-order valence-electron chi connectivity index (χ2n) is 3.68. The summed E-state index contributed by atoms with van der Waals surface area (Å²) in [6, 6.07) is 4.73. The fourth-order valence-electron chi connectivity index (χ4n) is 1.18. The summed E-state index contributed by atoms with van der Waals surface area (Å²) in [5, 5.41) is 21.6. The molecule has 0 spiro atoms. The summed E-state index contributed by atoms with van der Waals surface area (Å²) in [6.45, 7) is 0.530. The summed E-state index contributed by atoms with van der Waals surface area (Å²) in [6.07, 6.45) is 0. The first-order valence-corrected chi connectivity index (χ1v) is 4.93. The molecule has 5 nitrogen and oxygen atoms in total. The van der Waals surface area contributed by atoms with E-state index in [-0.39, 0.29) is 24.0 Å². The number of phenols is 2. The lowest BCUT2D eigenvalue weighted by Crippen LogP contribution is -2.32. The third kappa shape index (κ3) is 3.13. The maximum absolute atomic E-state index is 11.2. The van der Waals surface area contributed by atoms with Gasteiger partial charge in [0, 0.05) is 26.2 Å². The summed E-state index contributed by atoms with van der Waals surface area (Å²) in [4.78, 5) is 12.7. The Balaban J connectivity index is 2.49. The van der Waals surface area contributed by atoms with Gasteiger partial charge in [-0.05, 0) is 6.07 Å². The number of nitrogens with zero attached hydrogens (tertiary/aromatic N) is 1. The van der Waals surface area contributed by atoms with Crippen molar-refractivity contribution in [2.75, 3.05) is 20.6 Å². The molecule has 5 heteroatoms. The van der Waals surface area contributed by atoms with Crippen molar-refractivity contribution < 1.29 is 15.0 Å². The molecule has 0 aromatic heterocycles. The van der Waals surface area contributed by atoms with Crippen molar-refractivity contribution in [3.05, 3.63) is 23.8 Å². The molecule has 0 bridgehead atoms. The molecule has 0 atom stereocenters. The van der Waals surface area contributed by atoms with Crippen LogP contribution in [0.4, 0.5) is 0 Å². The van der Waals surface area contributed by atoms with Gasteiger partial charge in [0.15, 0.2) is 11.5 Å². The number of carbonyl (C=O) groups excluding carboxylic acids is 1. The number of hydrogen-bond acceptors (Lipinski definition) is 4. The summed E-state index contributed by atoms with van der Waals surface area (Å²) >= 11 is 0. The Kier molecular flexibility index (Phi) is 4.13. The van der Waals surface area contributed by atoms with Crippen LogP contribution in [0.15, 0.2) is 18.2 Å². The number of likely N-dealkylation sites (N-methyl/N-ethyl adjacent to an activating group) is 1. The van der Waals surface area contributed by atoms with Crippen LogP contribution < -0.4 is 5.32 Å². The molecule has 0 radical (unpaired) electrons. The van der Waals surface area contributed by atoms with Crippen molar-refractivity contribution in [3.63, 3.8) is 0 Å². The van der Waals surface area contributed by atoms with Crippen molar-refractivity contribution in [3.8, 4) is 11.5 Å². The van der Waals surface area contributed by atoms with Gasteiger partial charge < -0.3 is 20.4 Å². The quantitative estimate of drug-likeness (QED) is 0.642. The molecular formula is C11H16N2O3. The van der Waals surface area contributed by atoms with Gasteiger partial charge in [-0.3, -0.25) is 4.79 Å². The first-order chi connectivity index (χ1) is 7.52. The average molecular weight is 224 g/mol. The molecule has 0 saturated carbocycles. The van der Waals surface area contributed by atoms with Gasteiger partial charge in [-0.25, -0.2) is 0 Å². The zero-order valence-corrected chi connectivity index (χ0v) is 9.40. The molecule has 0 aliphatic heterocycles. The Labute approximate surface area is 94.3 Å². The molecule has 0 heterocycles. The molecule has 0 saturated heterocycles. The smallest absolute Gasteiger partial charge is 0.236 e. The molecular weight excluding hydrogens is 208 g/mol. The van der Waals surface area contributed by atoms with E-state index in [1.54, 1.807) is 26.2 Å². The average Bonchev–Trinajstić information content (AvgIpc) is 2.24. The third-order valence-corrected chi connectivity index (χ3v) is 2.19. The maximum atomic E-state index is 11.2. The highest BCUT2D eigenvalue weighted by molar-refractivity contribution is 5.77. The number of aromatic hydroxyl groups is 2. The molecule has 16 heavy (non-hydrogen) atoms. The predicted molar refractivity (Wildman–Crippen MR) is 60.2 cm³/mol. The van der Waals surface area contributed by atoms with E-state index in [4.69, 9.17) is 0 Å². The highest BCUT2D eigenvalue weighted by Crippen LogP contribution is 2.27. The summed E-state index contributed by atoms with van der Waals surface area (Å²) < 4.78 is 0. The van der Waals surface area contributed by atoms with Gasteiger partial charge in [0.05, 0.1) is 6.54 Å². The second kappa shape index (κ2) is 5.37. The maximum Gasteiger partial charge on any atom is 0.236 e. The zero-order chi connectivity index (χ0) is 12.1. The molecule has 88 valence electrons. The zero-order valence-electron chi connectivity index (χ0n) is 9.40. The van der Waals surface area contributed by atoms with Crippen LogP contribution in [0, 0.1) is 0 Å². The number of carbonyl (C=O) groups is 1. The predicted octanol–water partition coefficient (Wildman–Crippen LogP) is 0.276. The Morgan fingerprint density at radius 2 is 2.06 bits per heavy atom. The van der Waals surface area contributed by atoms with Crippen LogP contribution in [0.3, 0.4) is 0 Å². The molecule has 0 unspecified atom stereocenters. The van der Waals surface area contributed by atoms with Crippen LogP contribution in [-0.4, -0.2) is 41.7 Å². The van der Waals surface area contributed by atoms with E-state index in [0.717, 1.165) is 0 Å². The minimum Gasteiger partial charge on any atom is -0.504 e. The van der Waals surface area contributed by atoms with Crippen molar-refractivity contribution in [1.29, 1.82) is 0 Å². The van der Waals surface area contributed by atoms with Crippen LogP contribution in [-0.2, 0) is 11.3 Å². The van der Waals surface area contributed by atoms with Gasteiger partial charge in [-0.1, -0.05) is 12.1 Å². The number of phenolic OH excluding ortho intramolecular Hbond substituents is 2. The van der Waals surface area contributed by atoms with Gasteiger partial charge >= 0.3 is 0 Å². The molecule has 3 N–H and O–H groups in total. The molecule has 1 aromatic carbocycles. The minimum absolute atomic E-state index is 0.0420. The fraction of sp³-hybridized carbons (Fsp3) is 0.364. The van der Waals surface area contributed by atoms with Gasteiger partial charge in [0.1, 0.15) is 0 Å². The van der Waals surface area contributed by atoms with Crippen LogP contribution in [0.25, 0.3) is 0 Å². The number of benzene rings is 1. The lowest BCUT2D eigenvalue weighted by molar-refractivity contribution is -0.127. The van der Waals surface area contributed by atoms with Gasteiger partial charge in [0.2, 0.25) is 5.91 Å². The lowest BCUT2D eigenvalue weighted by atomic mass is 10.2. The van der Waals surface area contributed by atoms with Crippen LogP contribution in [0.2, 0.25) is 0 Å². The highest BCUT2D eigenvalue weighted by atomic mass is 16.3. The van der Waals surface area contributed by atoms with Crippen molar-refractivity contribution in [2.24, 2.45) is 0 Å². The Bertz CT molecular complexity index is 377. The Morgan fingerprint density at radius 3 is 2.69 bits per heavy atom. The first kappa shape index (κ1) is 12.3. The van der Waals surface area contributed by atoms with Crippen LogP contribution in [0.1, 0.15) is 5.56 Å². The topological polar surface area (TPSA) is 72.8 Å². The number of amides is 1. The van der Waals surface area contributed by atoms with Crippen molar-refractivity contribution >= 4 is 5.91 Å². The number of para-hydroxylation sites is 1. The van der Waals surface area contributed by atoms with E-state index in [1.165, 1.54) is 11.0 Å². The third-order valence-electron chi connectivity index (χ3n) is 2.19. The van der Waals surface area contributed by atoms with Gasteiger partial charge in [-0.15, -0.1) is 0 Å². The van der Waals surface area contributed by atoms with Crippen molar-refractivity contribution in [1.82, 2.24) is 10.2 Å². The molecule has 0 aliphatic rings. The second-order valence-corrected chi connectivity index (χ2v) is 3.68. The van der Waals surface area contributed by atoms with Gasteiger partial charge in [0.25, 0.3) is 0 Å². The van der Waals surface area contributed by atoms with Crippen LogP contribution >= 0.6 is 0 Å². The molecule has 1 aromatic rings. The summed E-state index contributed by atoms with van der Waals surface area (Å²) in [5.74, 6) is -0.342. The van der Waals surface area contributed by atoms with Crippen molar-refractivity contribution in [2.45, 2.75) is 6.54 Å². The monoisotopic (exact) mass is 224 g/mol. The number of hydrogen-bond donors (Lipinski definition) is 3. The lowest BCUT2D eigenvalue weighted by Gasteiger charge is -2.11. The van der Waals surface area contributed by atoms with E-state index in [2.05, 4.69) is 5.32 Å². The summed E-state index contributed by atoms with van der Waals surface area (Å²) in [7, 11) is 3.35. The largest absolute Gasteiger partial charge is 0.504 e. The number of nitrogens with one attached hydrogen (secondary N) is 1. The van der Waals surface area contributed by atoms with Gasteiger partial charge in [-0.2, -0.15) is 0 Å². The SMILES string of the molecule is CN(C)C(=O)CNCc1cccc(O)c1O. The molecule has 0 fully saturated rings. The number of rotatable bonds is 4. The van der Waals surface area contributed by atoms with E-state index < -0.39 is 0 Å². The summed E-state index contributed by atoms with van der Waals surface area (Å²) in [5.41, 5.74) is 0.562. The minimum atomic E-state index is -0.154. The van der Waals surface area contributed by atoms with E-state index in [1.807, 2.05) is 0 Å².